The average Bonchev–Trinajstić information content (AvgIpc) is 3.20. The lowest BCUT2D eigenvalue weighted by molar-refractivity contribution is -0.119. The smallest absolute Gasteiger partial charge is 0.234 e. The monoisotopic (exact) mass is 423 g/mol. The highest BCUT2D eigenvalue weighted by molar-refractivity contribution is 7.99. The molecule has 7 nitrogen and oxygen atoms in total. The molecule has 0 aliphatic rings. The number of rotatable bonds is 8. The highest BCUT2D eigenvalue weighted by Crippen LogP contribution is 2.23. The molecule has 2 amide bonds. The van der Waals surface area contributed by atoms with E-state index in [0.717, 1.165) is 12.1 Å². The molecule has 0 atom stereocenters. The molecule has 0 aliphatic heterocycles. The summed E-state index contributed by atoms with van der Waals surface area (Å²) in [6.07, 6.45) is 2.55. The summed E-state index contributed by atoms with van der Waals surface area (Å²) in [5.74, 6) is -0.156. The fourth-order valence-electron chi connectivity index (χ4n) is 2.82. The molecule has 0 fully saturated rings. The Morgan fingerprint density at radius 1 is 1.07 bits per heavy atom. The predicted molar refractivity (Wildman–Crippen MR) is 120 cm³/mol. The number of benzene rings is 2. The zero-order valence-corrected chi connectivity index (χ0v) is 18.1. The minimum atomic E-state index is -0.161. The molecule has 2 aromatic carbocycles. The van der Waals surface area contributed by atoms with E-state index in [1.165, 1.54) is 17.3 Å². The van der Waals surface area contributed by atoms with E-state index < -0.39 is 0 Å². The third kappa shape index (κ3) is 5.48. The normalized spacial score (nSPS) is 10.8. The van der Waals surface area contributed by atoms with E-state index in [9.17, 15) is 9.59 Å². The number of nitrogens with one attached hydrogen (secondary N) is 2. The summed E-state index contributed by atoms with van der Waals surface area (Å²) in [6, 6.07) is 15.2. The number of anilines is 2. The van der Waals surface area contributed by atoms with E-state index in [-0.39, 0.29) is 23.5 Å². The van der Waals surface area contributed by atoms with Gasteiger partial charge in [0.15, 0.2) is 5.16 Å². The first-order valence-corrected chi connectivity index (χ1v) is 10.8. The molecule has 2 N–H and O–H groups in total. The van der Waals surface area contributed by atoms with Crippen molar-refractivity contribution in [2.75, 3.05) is 16.4 Å². The van der Waals surface area contributed by atoms with Gasteiger partial charge in [0.25, 0.3) is 0 Å². The van der Waals surface area contributed by atoms with E-state index in [4.69, 9.17) is 0 Å². The Hall–Kier alpha value is -3.13. The van der Waals surface area contributed by atoms with Gasteiger partial charge in [-0.15, -0.1) is 10.2 Å². The van der Waals surface area contributed by atoms with Crippen LogP contribution in [0.15, 0.2) is 60.0 Å². The number of carbonyl (C=O) groups excluding carboxylic acids is 2. The van der Waals surface area contributed by atoms with Crippen LogP contribution in [0, 0.1) is 5.92 Å². The van der Waals surface area contributed by atoms with Gasteiger partial charge in [0.05, 0.1) is 11.4 Å². The van der Waals surface area contributed by atoms with Crippen molar-refractivity contribution in [1.82, 2.24) is 14.8 Å². The Kier molecular flexibility index (Phi) is 7.24. The number of thioether (sulfide) groups is 1. The number of nitrogens with zero attached hydrogens (tertiary/aromatic N) is 3. The summed E-state index contributed by atoms with van der Waals surface area (Å²) in [5.41, 5.74) is 3.47. The summed E-state index contributed by atoms with van der Waals surface area (Å²) in [4.78, 5) is 24.3. The lowest BCUT2D eigenvalue weighted by atomic mass is 10.1. The van der Waals surface area contributed by atoms with Crippen LogP contribution < -0.4 is 10.6 Å². The first-order valence-electron chi connectivity index (χ1n) is 9.79. The second-order valence-electron chi connectivity index (χ2n) is 7.03. The van der Waals surface area contributed by atoms with Crippen LogP contribution in [0.1, 0.15) is 26.3 Å². The van der Waals surface area contributed by atoms with Gasteiger partial charge in [-0.1, -0.05) is 56.8 Å². The topological polar surface area (TPSA) is 88.9 Å². The maximum Gasteiger partial charge on any atom is 0.234 e. The van der Waals surface area contributed by atoms with Gasteiger partial charge >= 0.3 is 0 Å². The molecule has 8 heteroatoms. The number of carbonyl (C=O) groups is 2. The summed E-state index contributed by atoms with van der Waals surface area (Å²) in [7, 11) is 0. The fraction of sp³-hybridized carbons (Fsp3) is 0.273. The number of hydrogen-bond donors (Lipinski definition) is 2. The number of para-hydroxylation sites is 1. The largest absolute Gasteiger partial charge is 0.326 e. The van der Waals surface area contributed by atoms with Crippen molar-refractivity contribution >= 4 is 35.0 Å². The highest BCUT2D eigenvalue weighted by Gasteiger charge is 2.13. The van der Waals surface area contributed by atoms with Crippen LogP contribution in [0.2, 0.25) is 0 Å². The number of amides is 2. The van der Waals surface area contributed by atoms with Crippen molar-refractivity contribution in [2.45, 2.75) is 32.3 Å². The highest BCUT2D eigenvalue weighted by atomic mass is 32.2. The second-order valence-corrected chi connectivity index (χ2v) is 7.97. The van der Waals surface area contributed by atoms with Gasteiger partial charge in [0, 0.05) is 17.3 Å². The first-order chi connectivity index (χ1) is 14.5. The summed E-state index contributed by atoms with van der Waals surface area (Å²) in [6.45, 7) is 5.76. The third-order valence-electron chi connectivity index (χ3n) is 4.42. The van der Waals surface area contributed by atoms with Gasteiger partial charge in [0.2, 0.25) is 11.8 Å². The van der Waals surface area contributed by atoms with E-state index in [1.807, 2.05) is 36.6 Å². The second kappa shape index (κ2) is 10.1. The van der Waals surface area contributed by atoms with Crippen molar-refractivity contribution in [3.8, 4) is 5.69 Å². The molecule has 3 aromatic rings. The molecule has 0 radical (unpaired) electrons. The van der Waals surface area contributed by atoms with Crippen LogP contribution in [-0.4, -0.2) is 32.3 Å². The van der Waals surface area contributed by atoms with Gasteiger partial charge in [-0.05, 0) is 36.2 Å². The Balaban J connectivity index is 1.63. The molecule has 0 spiro atoms. The van der Waals surface area contributed by atoms with Crippen LogP contribution >= 0.6 is 11.8 Å². The molecule has 0 bridgehead atoms. The van der Waals surface area contributed by atoms with Gasteiger partial charge in [-0.2, -0.15) is 0 Å². The molecule has 1 aromatic heterocycles. The van der Waals surface area contributed by atoms with Gasteiger partial charge in [-0.25, -0.2) is 0 Å². The minimum Gasteiger partial charge on any atom is -0.326 e. The van der Waals surface area contributed by atoms with Gasteiger partial charge in [-0.3, -0.25) is 14.2 Å². The quantitative estimate of drug-likeness (QED) is 0.531. The zero-order valence-electron chi connectivity index (χ0n) is 17.3. The lowest BCUT2D eigenvalue weighted by Gasteiger charge is -2.11. The van der Waals surface area contributed by atoms with Crippen molar-refractivity contribution in [2.24, 2.45) is 5.92 Å². The molecule has 156 valence electrons. The lowest BCUT2D eigenvalue weighted by Crippen LogP contribution is -2.18. The van der Waals surface area contributed by atoms with Crippen LogP contribution in [0.25, 0.3) is 5.69 Å². The molecule has 0 unspecified atom stereocenters. The number of hydrogen-bond acceptors (Lipinski definition) is 5. The summed E-state index contributed by atoms with van der Waals surface area (Å²) in [5, 5.41) is 14.5. The van der Waals surface area contributed by atoms with E-state index in [0.29, 0.717) is 16.5 Å². The van der Waals surface area contributed by atoms with Crippen LogP contribution in [0.5, 0.6) is 0 Å². The van der Waals surface area contributed by atoms with Gasteiger partial charge < -0.3 is 10.6 Å². The minimum absolute atomic E-state index is 0.0688. The molecular weight excluding hydrogens is 398 g/mol. The molecule has 30 heavy (non-hydrogen) atoms. The van der Waals surface area contributed by atoms with Crippen molar-refractivity contribution in [1.29, 1.82) is 0 Å². The Bertz CT molecular complexity index is 1030. The van der Waals surface area contributed by atoms with Crippen LogP contribution in [-0.2, 0) is 16.0 Å². The van der Waals surface area contributed by atoms with Crippen LogP contribution in [0.3, 0.4) is 0 Å². The average molecular weight is 424 g/mol. The third-order valence-corrected chi connectivity index (χ3v) is 5.36. The standard InChI is InChI=1S/C22H25N5O2S/c1-4-16-8-5-6-11-19(16)27-14-23-26-22(27)30-13-20(28)24-17-9-7-10-18(12-17)25-21(29)15(2)3/h5-12,14-15H,4,13H2,1-3H3,(H,24,28)(H,25,29). The molecule has 0 saturated carbocycles. The Morgan fingerprint density at radius 3 is 2.53 bits per heavy atom. The van der Waals surface area contributed by atoms with E-state index in [2.05, 4.69) is 33.8 Å². The summed E-state index contributed by atoms with van der Waals surface area (Å²) < 4.78 is 1.90. The van der Waals surface area contributed by atoms with Crippen molar-refractivity contribution in [3.05, 3.63) is 60.4 Å². The fourth-order valence-corrected chi connectivity index (χ4v) is 3.54. The maximum absolute atomic E-state index is 12.4. The molecular formula is C22H25N5O2S. The van der Waals surface area contributed by atoms with Crippen molar-refractivity contribution < 1.29 is 9.59 Å². The summed E-state index contributed by atoms with van der Waals surface area (Å²) >= 11 is 1.32. The van der Waals surface area contributed by atoms with E-state index >= 15 is 0 Å². The van der Waals surface area contributed by atoms with E-state index in [1.54, 1.807) is 30.6 Å². The van der Waals surface area contributed by atoms with Gasteiger partial charge in [0.1, 0.15) is 6.33 Å². The predicted octanol–water partition coefficient (Wildman–Crippen LogP) is 4.16. The number of aryl methyl sites for hydroxylation is 1. The molecule has 0 saturated heterocycles. The Labute approximate surface area is 180 Å². The molecule has 3 rings (SSSR count). The number of aromatic nitrogens is 3. The van der Waals surface area contributed by atoms with Crippen molar-refractivity contribution in [3.63, 3.8) is 0 Å². The zero-order chi connectivity index (χ0) is 21.5. The van der Waals surface area contributed by atoms with Crippen LogP contribution in [0.4, 0.5) is 11.4 Å². The first kappa shape index (κ1) is 21.6. The molecule has 0 aliphatic carbocycles. The maximum atomic E-state index is 12.4. The Morgan fingerprint density at radius 2 is 1.80 bits per heavy atom. The molecule has 1 heterocycles. The SMILES string of the molecule is CCc1ccccc1-n1cnnc1SCC(=O)Nc1cccc(NC(=O)C(C)C)c1.